The number of fused-ring (bicyclic) bond motifs is 1. The van der Waals surface area contributed by atoms with Crippen molar-refractivity contribution >= 4 is 11.6 Å². The van der Waals surface area contributed by atoms with Crippen LogP contribution >= 0.6 is 0 Å². The van der Waals surface area contributed by atoms with Gasteiger partial charge in [-0.2, -0.15) is 0 Å². The molecule has 4 rings (SSSR count). The van der Waals surface area contributed by atoms with Gasteiger partial charge in [-0.25, -0.2) is 4.39 Å². The lowest BCUT2D eigenvalue weighted by Gasteiger charge is -2.33. The molecule has 0 unspecified atom stereocenters. The molecular weight excluding hydrogens is 367 g/mol. The third kappa shape index (κ3) is 4.51. The van der Waals surface area contributed by atoms with E-state index in [2.05, 4.69) is 17.9 Å². The highest BCUT2D eigenvalue weighted by atomic mass is 19.1. The van der Waals surface area contributed by atoms with Gasteiger partial charge in [0.1, 0.15) is 5.82 Å². The molecule has 0 aliphatic carbocycles. The van der Waals surface area contributed by atoms with E-state index < -0.39 is 6.10 Å². The van der Waals surface area contributed by atoms with Crippen LogP contribution in [0.1, 0.15) is 53.8 Å². The van der Waals surface area contributed by atoms with Gasteiger partial charge in [0.2, 0.25) is 0 Å². The molecule has 29 heavy (non-hydrogen) atoms. The Morgan fingerprint density at radius 1 is 1.17 bits per heavy atom. The third-order valence-corrected chi connectivity index (χ3v) is 6.12. The second-order valence-corrected chi connectivity index (χ2v) is 8.48. The van der Waals surface area contributed by atoms with E-state index in [1.54, 1.807) is 4.90 Å². The minimum atomic E-state index is -0.520. The lowest BCUT2D eigenvalue weighted by Crippen LogP contribution is -2.37. The molecule has 0 radical (unpaired) electrons. The van der Waals surface area contributed by atoms with Crippen molar-refractivity contribution < 1.29 is 14.3 Å². The molecule has 1 fully saturated rings. The Bertz CT molecular complexity index is 868. The van der Waals surface area contributed by atoms with Crippen LogP contribution < -0.4 is 4.90 Å². The SMILES string of the molecule is C[C@@H]1CCCN(C[C@@H](O)c2ccc3c(c2)CCCN3C(=O)c2ccc(F)cc2)C1. The van der Waals surface area contributed by atoms with Gasteiger partial charge in [0.25, 0.3) is 5.91 Å². The number of aryl methyl sites for hydroxylation is 1. The van der Waals surface area contributed by atoms with E-state index in [4.69, 9.17) is 0 Å². The maximum absolute atomic E-state index is 13.2. The van der Waals surface area contributed by atoms with E-state index >= 15 is 0 Å². The summed E-state index contributed by atoms with van der Waals surface area (Å²) in [4.78, 5) is 17.1. The molecular formula is C24H29FN2O2. The van der Waals surface area contributed by atoms with Crippen LogP contribution in [0.2, 0.25) is 0 Å². The first-order chi connectivity index (χ1) is 14.0. The van der Waals surface area contributed by atoms with Gasteiger partial charge in [-0.15, -0.1) is 0 Å². The molecule has 2 aromatic rings. The van der Waals surface area contributed by atoms with Crippen molar-refractivity contribution in [3.05, 3.63) is 65.0 Å². The maximum atomic E-state index is 13.2. The van der Waals surface area contributed by atoms with Gasteiger partial charge >= 0.3 is 0 Å². The number of benzene rings is 2. The van der Waals surface area contributed by atoms with Crippen molar-refractivity contribution in [3.63, 3.8) is 0 Å². The highest BCUT2D eigenvalue weighted by Crippen LogP contribution is 2.31. The minimum absolute atomic E-state index is 0.110. The van der Waals surface area contributed by atoms with Gasteiger partial charge in [-0.3, -0.25) is 4.79 Å². The number of hydrogen-bond donors (Lipinski definition) is 1. The molecule has 0 bridgehead atoms. The number of carbonyl (C=O) groups excluding carboxylic acids is 1. The molecule has 2 aromatic carbocycles. The fourth-order valence-electron chi connectivity index (χ4n) is 4.59. The standard InChI is InChI=1S/C24H29FN2O2/c1-17-4-2-12-26(15-17)16-23(28)20-8-11-22-19(14-20)5-3-13-27(22)24(29)18-6-9-21(25)10-7-18/h6-11,14,17,23,28H,2-5,12-13,15-16H2,1H3/t17-,23-/m1/s1. The van der Waals surface area contributed by atoms with Crippen molar-refractivity contribution in [2.24, 2.45) is 5.92 Å². The van der Waals surface area contributed by atoms with Crippen LogP contribution in [0.15, 0.2) is 42.5 Å². The predicted octanol–water partition coefficient (Wildman–Crippen LogP) is 4.18. The molecule has 2 aliphatic heterocycles. The Balaban J connectivity index is 1.50. The van der Waals surface area contributed by atoms with Crippen molar-refractivity contribution in [1.82, 2.24) is 4.90 Å². The molecule has 2 aliphatic rings. The number of hydrogen-bond acceptors (Lipinski definition) is 3. The van der Waals surface area contributed by atoms with Crippen LogP contribution in [0.4, 0.5) is 10.1 Å². The zero-order chi connectivity index (χ0) is 20.4. The van der Waals surface area contributed by atoms with Gasteiger partial charge in [0.05, 0.1) is 6.10 Å². The number of aliphatic hydroxyl groups is 1. The quantitative estimate of drug-likeness (QED) is 0.843. The van der Waals surface area contributed by atoms with E-state index in [9.17, 15) is 14.3 Å². The first-order valence-electron chi connectivity index (χ1n) is 10.6. The predicted molar refractivity (Wildman–Crippen MR) is 113 cm³/mol. The molecule has 1 N–H and O–H groups in total. The average Bonchev–Trinajstić information content (AvgIpc) is 2.73. The summed E-state index contributed by atoms with van der Waals surface area (Å²) in [7, 11) is 0. The minimum Gasteiger partial charge on any atom is -0.387 e. The summed E-state index contributed by atoms with van der Waals surface area (Å²) in [6.45, 7) is 5.66. The van der Waals surface area contributed by atoms with E-state index in [1.165, 1.54) is 37.1 Å². The highest BCUT2D eigenvalue weighted by Gasteiger charge is 2.25. The monoisotopic (exact) mass is 396 g/mol. The Hall–Kier alpha value is -2.24. The molecule has 1 amide bonds. The first kappa shape index (κ1) is 20.0. The van der Waals surface area contributed by atoms with Crippen molar-refractivity contribution in [3.8, 4) is 0 Å². The van der Waals surface area contributed by atoms with Crippen LogP contribution in [-0.2, 0) is 6.42 Å². The van der Waals surface area contributed by atoms with Gasteiger partial charge in [-0.1, -0.05) is 19.1 Å². The fraction of sp³-hybridized carbons (Fsp3) is 0.458. The second-order valence-electron chi connectivity index (χ2n) is 8.48. The number of rotatable bonds is 4. The Labute approximate surface area is 171 Å². The number of piperidine rings is 1. The first-order valence-corrected chi connectivity index (χ1v) is 10.6. The van der Waals surface area contributed by atoms with Crippen LogP contribution in [0.5, 0.6) is 0 Å². The summed E-state index contributed by atoms with van der Waals surface area (Å²) in [6, 6.07) is 11.6. The Morgan fingerprint density at radius 3 is 2.72 bits per heavy atom. The molecule has 1 saturated heterocycles. The lowest BCUT2D eigenvalue weighted by atomic mass is 9.95. The number of carbonyl (C=O) groups is 1. The molecule has 4 nitrogen and oxygen atoms in total. The Morgan fingerprint density at radius 2 is 1.97 bits per heavy atom. The normalized spacial score (nSPS) is 20.9. The lowest BCUT2D eigenvalue weighted by molar-refractivity contribution is 0.0875. The van der Waals surface area contributed by atoms with Crippen LogP contribution in [0.25, 0.3) is 0 Å². The number of nitrogens with zero attached hydrogens (tertiary/aromatic N) is 2. The van der Waals surface area contributed by atoms with E-state index in [0.29, 0.717) is 24.6 Å². The fourth-order valence-corrected chi connectivity index (χ4v) is 4.59. The number of anilines is 1. The Kier molecular flexibility index (Phi) is 5.97. The maximum Gasteiger partial charge on any atom is 0.258 e. The van der Waals surface area contributed by atoms with Crippen LogP contribution in [0.3, 0.4) is 0 Å². The summed E-state index contributed by atoms with van der Waals surface area (Å²) in [5.41, 5.74) is 3.39. The van der Waals surface area contributed by atoms with Gasteiger partial charge < -0.3 is 14.9 Å². The second kappa shape index (κ2) is 8.64. The number of likely N-dealkylation sites (tertiary alicyclic amines) is 1. The van der Waals surface area contributed by atoms with Crippen molar-refractivity contribution in [2.75, 3.05) is 31.1 Å². The summed E-state index contributed by atoms with van der Waals surface area (Å²) in [5, 5.41) is 10.8. The van der Waals surface area contributed by atoms with Gasteiger partial charge in [-0.05, 0) is 79.6 Å². The smallest absolute Gasteiger partial charge is 0.258 e. The molecule has 2 atom stereocenters. The summed E-state index contributed by atoms with van der Waals surface area (Å²) in [5.74, 6) is 0.231. The van der Waals surface area contributed by atoms with E-state index in [0.717, 1.165) is 42.7 Å². The number of halogens is 1. The van der Waals surface area contributed by atoms with Crippen molar-refractivity contribution in [1.29, 1.82) is 0 Å². The van der Waals surface area contributed by atoms with Crippen LogP contribution in [0, 0.1) is 11.7 Å². The van der Waals surface area contributed by atoms with Crippen LogP contribution in [-0.4, -0.2) is 42.1 Å². The highest BCUT2D eigenvalue weighted by molar-refractivity contribution is 6.06. The molecule has 0 spiro atoms. The van der Waals surface area contributed by atoms with E-state index in [-0.39, 0.29) is 11.7 Å². The zero-order valence-corrected chi connectivity index (χ0v) is 17.0. The van der Waals surface area contributed by atoms with E-state index in [1.807, 2.05) is 12.1 Å². The molecule has 0 aromatic heterocycles. The number of β-amino-alcohol motifs (C(OH)–C–C–N with tert-alkyl or cyclic N) is 1. The summed E-state index contributed by atoms with van der Waals surface area (Å²) >= 11 is 0. The van der Waals surface area contributed by atoms with Crippen molar-refractivity contribution in [2.45, 2.75) is 38.7 Å². The van der Waals surface area contributed by atoms with Gasteiger partial charge in [0, 0.05) is 30.9 Å². The number of aliphatic hydroxyl groups excluding tert-OH is 1. The molecule has 5 heteroatoms. The largest absolute Gasteiger partial charge is 0.387 e. The van der Waals surface area contributed by atoms with Gasteiger partial charge in [0.15, 0.2) is 0 Å². The number of amides is 1. The summed E-state index contributed by atoms with van der Waals surface area (Å²) < 4.78 is 13.2. The summed E-state index contributed by atoms with van der Waals surface area (Å²) in [6.07, 6.45) is 3.71. The third-order valence-electron chi connectivity index (χ3n) is 6.12. The average molecular weight is 397 g/mol. The molecule has 2 heterocycles. The molecule has 0 saturated carbocycles. The molecule has 154 valence electrons. The topological polar surface area (TPSA) is 43.8 Å². The zero-order valence-electron chi connectivity index (χ0n) is 17.0.